The number of aromatic nitrogens is 2. The molecule has 0 aliphatic heterocycles. The van der Waals surface area contributed by atoms with E-state index in [1.165, 1.54) is 6.07 Å². The van der Waals surface area contributed by atoms with Crippen molar-refractivity contribution in [1.82, 2.24) is 9.97 Å². The van der Waals surface area contributed by atoms with Crippen LogP contribution in [0.4, 0.5) is 10.2 Å². The van der Waals surface area contributed by atoms with Gasteiger partial charge in [-0.1, -0.05) is 13.0 Å². The molecule has 100 valence electrons. The first-order valence-electron chi connectivity index (χ1n) is 6.49. The van der Waals surface area contributed by atoms with Crippen LogP contribution < -0.4 is 5.32 Å². The average Bonchev–Trinajstić information content (AvgIpc) is 2.41. The summed E-state index contributed by atoms with van der Waals surface area (Å²) in [5.41, 5.74) is 3.16. The Balaban J connectivity index is 1.92. The second-order valence-electron chi connectivity index (χ2n) is 4.50. The maximum absolute atomic E-state index is 13.0. The van der Waals surface area contributed by atoms with Crippen LogP contribution in [-0.4, -0.2) is 16.5 Å². The van der Waals surface area contributed by atoms with Crippen LogP contribution in [0.15, 0.2) is 30.6 Å². The molecule has 0 aliphatic rings. The molecule has 1 aromatic heterocycles. The van der Waals surface area contributed by atoms with Crippen molar-refractivity contribution in [2.45, 2.75) is 26.7 Å². The summed E-state index contributed by atoms with van der Waals surface area (Å²) >= 11 is 0. The first-order valence-corrected chi connectivity index (χ1v) is 6.49. The molecule has 0 saturated heterocycles. The Morgan fingerprint density at radius 2 is 2.05 bits per heavy atom. The van der Waals surface area contributed by atoms with Crippen LogP contribution in [0.1, 0.15) is 23.7 Å². The Labute approximate surface area is 112 Å². The topological polar surface area (TPSA) is 37.8 Å². The minimum absolute atomic E-state index is 0.183. The van der Waals surface area contributed by atoms with Crippen molar-refractivity contribution < 1.29 is 4.39 Å². The van der Waals surface area contributed by atoms with Gasteiger partial charge >= 0.3 is 0 Å². The summed E-state index contributed by atoms with van der Waals surface area (Å²) in [6.07, 6.45) is 3.32. The monoisotopic (exact) mass is 259 g/mol. The van der Waals surface area contributed by atoms with Gasteiger partial charge in [0.15, 0.2) is 0 Å². The van der Waals surface area contributed by atoms with Crippen molar-refractivity contribution in [3.05, 3.63) is 53.2 Å². The Hall–Kier alpha value is -1.97. The fraction of sp³-hybridized carbons (Fsp3) is 0.333. The van der Waals surface area contributed by atoms with Crippen molar-refractivity contribution in [1.29, 1.82) is 0 Å². The number of benzene rings is 1. The van der Waals surface area contributed by atoms with Gasteiger partial charge in [0.25, 0.3) is 0 Å². The molecule has 3 nitrogen and oxygen atoms in total. The lowest BCUT2D eigenvalue weighted by Crippen LogP contribution is -2.08. The van der Waals surface area contributed by atoms with Crippen LogP contribution in [-0.2, 0) is 12.8 Å². The maximum atomic E-state index is 13.0. The number of hydrogen-bond acceptors (Lipinski definition) is 3. The molecule has 4 heteroatoms. The highest BCUT2D eigenvalue weighted by atomic mass is 19.1. The van der Waals surface area contributed by atoms with Gasteiger partial charge in [0.05, 0.1) is 0 Å². The Kier molecular flexibility index (Phi) is 4.44. The van der Waals surface area contributed by atoms with Gasteiger partial charge in [-0.25, -0.2) is 14.4 Å². The van der Waals surface area contributed by atoms with Crippen LogP contribution in [0, 0.1) is 12.7 Å². The quantitative estimate of drug-likeness (QED) is 0.896. The Bertz CT molecular complexity index is 555. The second kappa shape index (κ2) is 6.27. The summed E-state index contributed by atoms with van der Waals surface area (Å²) in [5, 5.41) is 3.26. The van der Waals surface area contributed by atoms with Gasteiger partial charge in [-0.15, -0.1) is 0 Å². The maximum Gasteiger partial charge on any atom is 0.129 e. The lowest BCUT2D eigenvalue weighted by molar-refractivity contribution is 0.625. The summed E-state index contributed by atoms with van der Waals surface area (Å²) < 4.78 is 13.0. The van der Waals surface area contributed by atoms with Crippen LogP contribution in [0.3, 0.4) is 0 Å². The minimum Gasteiger partial charge on any atom is -0.370 e. The first-order chi connectivity index (χ1) is 9.19. The van der Waals surface area contributed by atoms with E-state index in [1.807, 2.05) is 19.1 Å². The van der Waals surface area contributed by atoms with Crippen LogP contribution in [0.5, 0.6) is 0 Å². The third-order valence-corrected chi connectivity index (χ3v) is 3.09. The lowest BCUT2D eigenvalue weighted by atomic mass is 10.1. The van der Waals surface area contributed by atoms with E-state index in [1.54, 1.807) is 12.4 Å². The standard InChI is InChI=1S/C15H18FN3/c1-3-14-9-15(19-10-18-14)17-7-6-12-4-5-13(16)8-11(12)2/h4-5,8-10H,3,6-7H2,1-2H3,(H,17,18,19). The molecule has 1 aromatic carbocycles. The smallest absolute Gasteiger partial charge is 0.129 e. The SMILES string of the molecule is CCc1cc(NCCc2ccc(F)cc2C)ncn1. The van der Waals surface area contributed by atoms with E-state index in [9.17, 15) is 4.39 Å². The third-order valence-electron chi connectivity index (χ3n) is 3.09. The lowest BCUT2D eigenvalue weighted by Gasteiger charge is -2.08. The van der Waals surface area contributed by atoms with E-state index in [4.69, 9.17) is 0 Å². The minimum atomic E-state index is -0.183. The zero-order valence-corrected chi connectivity index (χ0v) is 11.3. The van der Waals surface area contributed by atoms with E-state index in [0.717, 1.165) is 42.0 Å². The van der Waals surface area contributed by atoms with Crippen molar-refractivity contribution in [3.63, 3.8) is 0 Å². The molecule has 0 atom stereocenters. The highest BCUT2D eigenvalue weighted by Gasteiger charge is 2.01. The number of rotatable bonds is 5. The van der Waals surface area contributed by atoms with E-state index in [0.29, 0.717) is 0 Å². The highest BCUT2D eigenvalue weighted by Crippen LogP contribution is 2.11. The molecule has 0 amide bonds. The predicted molar refractivity (Wildman–Crippen MR) is 74.7 cm³/mol. The molecule has 2 aromatic rings. The third kappa shape index (κ3) is 3.74. The number of halogens is 1. The van der Waals surface area contributed by atoms with Gasteiger partial charge in [0.2, 0.25) is 0 Å². The summed E-state index contributed by atoms with van der Waals surface area (Å²) in [6.45, 7) is 4.76. The number of anilines is 1. The van der Waals surface area contributed by atoms with Gasteiger partial charge in [0, 0.05) is 18.3 Å². The van der Waals surface area contributed by atoms with E-state index in [-0.39, 0.29) is 5.82 Å². The van der Waals surface area contributed by atoms with Crippen LogP contribution in [0.2, 0.25) is 0 Å². The predicted octanol–water partition coefficient (Wildman–Crippen LogP) is 3.14. The van der Waals surface area contributed by atoms with Gasteiger partial charge in [-0.05, 0) is 43.0 Å². The fourth-order valence-electron chi connectivity index (χ4n) is 1.95. The highest BCUT2D eigenvalue weighted by molar-refractivity contribution is 5.35. The summed E-state index contributed by atoms with van der Waals surface area (Å²) in [6, 6.07) is 6.86. The zero-order valence-electron chi connectivity index (χ0n) is 11.3. The number of aryl methyl sites for hydroxylation is 2. The van der Waals surface area contributed by atoms with Crippen molar-refractivity contribution in [3.8, 4) is 0 Å². The first kappa shape index (κ1) is 13.5. The second-order valence-corrected chi connectivity index (χ2v) is 4.50. The van der Waals surface area contributed by atoms with E-state index in [2.05, 4.69) is 22.2 Å². The van der Waals surface area contributed by atoms with Gasteiger partial charge < -0.3 is 5.32 Å². The molecule has 19 heavy (non-hydrogen) atoms. The normalized spacial score (nSPS) is 10.5. The Morgan fingerprint density at radius 1 is 1.21 bits per heavy atom. The molecule has 0 saturated carbocycles. The molecule has 2 rings (SSSR count). The van der Waals surface area contributed by atoms with Crippen molar-refractivity contribution in [2.24, 2.45) is 0 Å². The Morgan fingerprint density at radius 3 is 2.79 bits per heavy atom. The molecule has 1 N–H and O–H groups in total. The molecule has 0 spiro atoms. The van der Waals surface area contributed by atoms with Crippen molar-refractivity contribution in [2.75, 3.05) is 11.9 Å². The zero-order chi connectivity index (χ0) is 13.7. The van der Waals surface area contributed by atoms with E-state index >= 15 is 0 Å². The molecule has 0 bridgehead atoms. The molecular weight excluding hydrogens is 241 g/mol. The van der Waals surface area contributed by atoms with Gasteiger partial charge in [0.1, 0.15) is 18.0 Å². The van der Waals surface area contributed by atoms with Crippen LogP contribution >= 0.6 is 0 Å². The number of hydrogen-bond donors (Lipinski definition) is 1. The number of nitrogens with one attached hydrogen (secondary N) is 1. The van der Waals surface area contributed by atoms with Gasteiger partial charge in [-0.3, -0.25) is 0 Å². The van der Waals surface area contributed by atoms with Crippen LogP contribution in [0.25, 0.3) is 0 Å². The number of nitrogens with zero attached hydrogens (tertiary/aromatic N) is 2. The fourth-order valence-corrected chi connectivity index (χ4v) is 1.95. The molecule has 0 fully saturated rings. The van der Waals surface area contributed by atoms with Gasteiger partial charge in [-0.2, -0.15) is 0 Å². The summed E-state index contributed by atoms with van der Waals surface area (Å²) in [4.78, 5) is 8.33. The summed E-state index contributed by atoms with van der Waals surface area (Å²) in [7, 11) is 0. The van der Waals surface area contributed by atoms with Crippen molar-refractivity contribution >= 4 is 5.82 Å². The molecule has 0 aliphatic carbocycles. The molecular formula is C15H18FN3. The van der Waals surface area contributed by atoms with E-state index < -0.39 is 0 Å². The average molecular weight is 259 g/mol. The molecule has 0 unspecified atom stereocenters. The molecule has 1 heterocycles. The summed E-state index contributed by atoms with van der Waals surface area (Å²) in [5.74, 6) is 0.657. The molecule has 0 radical (unpaired) electrons. The largest absolute Gasteiger partial charge is 0.370 e.